The minimum absolute atomic E-state index is 0.180. The largest absolute Gasteiger partial charge is 0.480 e. The lowest BCUT2D eigenvalue weighted by atomic mass is 10.2. The molecule has 0 bridgehead atoms. The molecular weight excluding hydrogens is 296 g/mol. The van der Waals surface area contributed by atoms with Crippen LogP contribution in [0.3, 0.4) is 0 Å². The van der Waals surface area contributed by atoms with Crippen molar-refractivity contribution in [2.75, 3.05) is 23.3 Å². The van der Waals surface area contributed by atoms with Crippen molar-refractivity contribution in [1.82, 2.24) is 9.78 Å². The molecule has 1 heterocycles. The molecule has 0 saturated carbocycles. The highest BCUT2D eigenvalue weighted by atomic mass is 16.4. The normalized spacial score (nSPS) is 10.3. The Morgan fingerprint density at radius 3 is 2.39 bits per heavy atom. The molecule has 23 heavy (non-hydrogen) atoms. The van der Waals surface area contributed by atoms with Crippen molar-refractivity contribution in [3.8, 4) is 0 Å². The molecule has 0 spiro atoms. The van der Waals surface area contributed by atoms with Gasteiger partial charge in [-0.15, -0.1) is 0 Å². The summed E-state index contributed by atoms with van der Waals surface area (Å²) >= 11 is 0. The van der Waals surface area contributed by atoms with Crippen LogP contribution in [0.5, 0.6) is 0 Å². The summed E-state index contributed by atoms with van der Waals surface area (Å²) < 4.78 is 1.21. The van der Waals surface area contributed by atoms with Gasteiger partial charge in [-0.25, -0.2) is 0 Å². The van der Waals surface area contributed by atoms with Gasteiger partial charge in [-0.3, -0.25) is 14.3 Å². The monoisotopic (exact) mass is 316 g/mol. The number of hydrogen-bond acceptors (Lipinski definition) is 4. The van der Waals surface area contributed by atoms with E-state index in [2.05, 4.69) is 29.2 Å². The second-order valence-corrected chi connectivity index (χ2v) is 4.97. The smallest absolute Gasteiger partial charge is 0.325 e. The number of benzene rings is 1. The van der Waals surface area contributed by atoms with Crippen molar-refractivity contribution in [2.45, 2.75) is 20.4 Å². The van der Waals surface area contributed by atoms with Crippen molar-refractivity contribution >= 4 is 23.3 Å². The molecule has 2 N–H and O–H groups in total. The molecular formula is C16H20N4O3. The Labute approximate surface area is 134 Å². The first kappa shape index (κ1) is 16.5. The number of carboxylic acid groups (broad SMARTS) is 1. The third kappa shape index (κ3) is 4.32. The summed E-state index contributed by atoms with van der Waals surface area (Å²) in [4.78, 5) is 24.9. The Hall–Kier alpha value is -2.83. The average Bonchev–Trinajstić information content (AvgIpc) is 2.98. The average molecular weight is 316 g/mol. The van der Waals surface area contributed by atoms with Crippen molar-refractivity contribution in [3.63, 3.8) is 0 Å². The molecule has 0 fully saturated rings. The second kappa shape index (κ2) is 7.44. The van der Waals surface area contributed by atoms with E-state index in [1.54, 1.807) is 0 Å². The standard InChI is InChI=1S/C16H20N4O3/c1-3-19(4-2)13-7-5-12(6-8-13)17-16(23)14-9-10-20(18-14)11-15(21)22/h5-10H,3-4,11H2,1-2H3,(H,17,23)(H,21,22). The van der Waals surface area contributed by atoms with Crippen LogP contribution in [0.15, 0.2) is 36.5 Å². The van der Waals surface area contributed by atoms with Gasteiger partial charge < -0.3 is 15.3 Å². The summed E-state index contributed by atoms with van der Waals surface area (Å²) in [6, 6.07) is 9.05. The molecule has 2 rings (SSSR count). The molecule has 1 amide bonds. The van der Waals surface area contributed by atoms with Crippen LogP contribution in [0.25, 0.3) is 0 Å². The van der Waals surface area contributed by atoms with Crippen LogP contribution < -0.4 is 10.2 Å². The Bertz CT molecular complexity index is 675. The summed E-state index contributed by atoms with van der Waals surface area (Å²) in [6.45, 7) is 5.75. The first-order valence-corrected chi connectivity index (χ1v) is 7.45. The molecule has 0 aliphatic heterocycles. The van der Waals surface area contributed by atoms with Crippen LogP contribution in [-0.2, 0) is 11.3 Å². The first-order valence-electron chi connectivity index (χ1n) is 7.45. The number of nitrogens with one attached hydrogen (secondary N) is 1. The van der Waals surface area contributed by atoms with E-state index in [0.717, 1.165) is 18.8 Å². The lowest BCUT2D eigenvalue weighted by molar-refractivity contribution is -0.137. The third-order valence-electron chi connectivity index (χ3n) is 3.42. The van der Waals surface area contributed by atoms with Gasteiger partial charge >= 0.3 is 5.97 Å². The maximum atomic E-state index is 12.1. The van der Waals surface area contributed by atoms with Crippen LogP contribution >= 0.6 is 0 Å². The molecule has 0 atom stereocenters. The number of carbonyl (C=O) groups excluding carboxylic acids is 1. The van der Waals surface area contributed by atoms with Gasteiger partial charge in [0.2, 0.25) is 0 Å². The maximum Gasteiger partial charge on any atom is 0.325 e. The molecule has 0 aliphatic rings. The van der Waals surface area contributed by atoms with Crippen LogP contribution in [0.4, 0.5) is 11.4 Å². The Morgan fingerprint density at radius 2 is 1.83 bits per heavy atom. The summed E-state index contributed by atoms with van der Waals surface area (Å²) in [5.74, 6) is -1.38. The van der Waals surface area contributed by atoms with Gasteiger partial charge in [-0.05, 0) is 44.2 Å². The highest BCUT2D eigenvalue weighted by Crippen LogP contribution is 2.18. The van der Waals surface area contributed by atoms with E-state index in [-0.39, 0.29) is 18.1 Å². The van der Waals surface area contributed by atoms with E-state index in [0.29, 0.717) is 5.69 Å². The fraction of sp³-hybridized carbons (Fsp3) is 0.312. The summed E-state index contributed by atoms with van der Waals surface area (Å²) in [5.41, 5.74) is 1.94. The van der Waals surface area contributed by atoms with Crippen molar-refractivity contribution in [2.24, 2.45) is 0 Å². The van der Waals surface area contributed by atoms with Crippen LogP contribution in [0.1, 0.15) is 24.3 Å². The molecule has 1 aromatic carbocycles. The molecule has 0 unspecified atom stereocenters. The molecule has 7 heteroatoms. The number of aliphatic carboxylic acids is 1. The van der Waals surface area contributed by atoms with Crippen LogP contribution in [0, 0.1) is 0 Å². The lowest BCUT2D eigenvalue weighted by Gasteiger charge is -2.21. The van der Waals surface area contributed by atoms with Crippen molar-refractivity contribution in [1.29, 1.82) is 0 Å². The summed E-state index contributed by atoms with van der Waals surface area (Å²) in [6.07, 6.45) is 1.46. The Morgan fingerprint density at radius 1 is 1.17 bits per heavy atom. The fourth-order valence-electron chi connectivity index (χ4n) is 2.25. The minimum atomic E-state index is -1.01. The topological polar surface area (TPSA) is 87.5 Å². The van der Waals surface area contributed by atoms with Gasteiger partial charge in [-0.1, -0.05) is 0 Å². The highest BCUT2D eigenvalue weighted by molar-refractivity contribution is 6.02. The maximum absolute atomic E-state index is 12.1. The van der Waals surface area contributed by atoms with E-state index in [1.807, 2.05) is 24.3 Å². The number of carboxylic acids is 1. The quantitative estimate of drug-likeness (QED) is 0.816. The predicted molar refractivity (Wildman–Crippen MR) is 87.8 cm³/mol. The number of nitrogens with zero attached hydrogens (tertiary/aromatic N) is 3. The summed E-state index contributed by atoms with van der Waals surface area (Å²) in [5, 5.41) is 15.4. The number of anilines is 2. The minimum Gasteiger partial charge on any atom is -0.480 e. The van der Waals surface area contributed by atoms with E-state index < -0.39 is 5.97 Å². The van der Waals surface area contributed by atoms with E-state index in [1.165, 1.54) is 16.9 Å². The highest BCUT2D eigenvalue weighted by Gasteiger charge is 2.11. The second-order valence-electron chi connectivity index (χ2n) is 4.97. The SMILES string of the molecule is CCN(CC)c1ccc(NC(=O)c2ccn(CC(=O)O)n2)cc1. The number of rotatable bonds is 7. The van der Waals surface area contributed by atoms with Gasteiger partial charge in [0.15, 0.2) is 5.69 Å². The number of carbonyl (C=O) groups is 2. The van der Waals surface area contributed by atoms with Gasteiger partial charge in [0.05, 0.1) is 0 Å². The lowest BCUT2D eigenvalue weighted by Crippen LogP contribution is -2.21. The van der Waals surface area contributed by atoms with Gasteiger partial charge in [0.1, 0.15) is 6.54 Å². The first-order chi connectivity index (χ1) is 11.0. The molecule has 1 aromatic heterocycles. The van der Waals surface area contributed by atoms with E-state index >= 15 is 0 Å². The molecule has 0 aliphatic carbocycles. The fourth-order valence-corrected chi connectivity index (χ4v) is 2.25. The molecule has 2 aromatic rings. The van der Waals surface area contributed by atoms with Gasteiger partial charge in [0.25, 0.3) is 5.91 Å². The number of amides is 1. The molecule has 0 radical (unpaired) electrons. The van der Waals surface area contributed by atoms with E-state index in [9.17, 15) is 9.59 Å². The molecule has 0 saturated heterocycles. The number of hydrogen-bond donors (Lipinski definition) is 2. The summed E-state index contributed by atoms with van der Waals surface area (Å²) in [7, 11) is 0. The predicted octanol–water partition coefficient (Wildman–Crippen LogP) is 2.07. The van der Waals surface area contributed by atoms with E-state index in [4.69, 9.17) is 5.11 Å². The zero-order chi connectivity index (χ0) is 16.8. The van der Waals surface area contributed by atoms with Gasteiger partial charge in [-0.2, -0.15) is 5.10 Å². The van der Waals surface area contributed by atoms with Crippen LogP contribution in [-0.4, -0.2) is 39.9 Å². The Kier molecular flexibility index (Phi) is 5.35. The third-order valence-corrected chi connectivity index (χ3v) is 3.42. The molecule has 122 valence electrons. The Balaban J connectivity index is 2.02. The van der Waals surface area contributed by atoms with Crippen molar-refractivity contribution in [3.05, 3.63) is 42.2 Å². The zero-order valence-electron chi connectivity index (χ0n) is 13.2. The number of aromatic nitrogens is 2. The van der Waals surface area contributed by atoms with Gasteiger partial charge in [0, 0.05) is 30.7 Å². The zero-order valence-corrected chi connectivity index (χ0v) is 13.2. The van der Waals surface area contributed by atoms with Crippen molar-refractivity contribution < 1.29 is 14.7 Å². The van der Waals surface area contributed by atoms with Crippen LogP contribution in [0.2, 0.25) is 0 Å². The molecule has 7 nitrogen and oxygen atoms in total.